The number of nitrogens with two attached hydrogens (primary N) is 1. The van der Waals surface area contributed by atoms with E-state index < -0.39 is 0 Å². The molecule has 2 N–H and O–H groups in total. The third-order valence-corrected chi connectivity index (χ3v) is 4.01. The lowest BCUT2D eigenvalue weighted by Crippen LogP contribution is -2.26. The molecule has 0 aliphatic heterocycles. The van der Waals surface area contributed by atoms with Crippen LogP contribution in [-0.4, -0.2) is 0 Å². The Bertz CT molecular complexity index is 463. The second kappa shape index (κ2) is 4.41. The van der Waals surface area contributed by atoms with Gasteiger partial charge >= 0.3 is 0 Å². The first kappa shape index (κ1) is 12.0. The quantitative estimate of drug-likeness (QED) is 0.572. The molecule has 17 heavy (non-hydrogen) atoms. The van der Waals surface area contributed by atoms with E-state index in [-0.39, 0.29) is 5.54 Å². The van der Waals surface area contributed by atoms with Gasteiger partial charge < -0.3 is 10.6 Å². The van der Waals surface area contributed by atoms with Gasteiger partial charge in [-0.05, 0) is 49.9 Å². The molecule has 90 valence electrons. The first-order valence-corrected chi connectivity index (χ1v) is 6.35. The van der Waals surface area contributed by atoms with Gasteiger partial charge in [-0.1, -0.05) is 6.42 Å². The Morgan fingerprint density at radius 1 is 1.12 bits per heavy atom. The Balaban J connectivity index is 2.51. The van der Waals surface area contributed by atoms with Crippen molar-refractivity contribution in [3.8, 4) is 0 Å². The molecule has 1 aliphatic carbocycles. The second-order valence-corrected chi connectivity index (χ2v) is 5.23. The molecule has 1 aliphatic rings. The summed E-state index contributed by atoms with van der Waals surface area (Å²) in [6.45, 7) is 11.7. The summed E-state index contributed by atoms with van der Waals surface area (Å²) in [6, 6.07) is 4.15. The van der Waals surface area contributed by atoms with Gasteiger partial charge in [0.2, 0.25) is 0 Å². The minimum Gasteiger partial charge on any atom is -0.399 e. The summed E-state index contributed by atoms with van der Waals surface area (Å²) in [6.07, 6.45) is 5.61. The van der Waals surface area contributed by atoms with E-state index in [1.165, 1.54) is 30.4 Å². The molecule has 1 aromatic rings. The van der Waals surface area contributed by atoms with E-state index in [9.17, 15) is 0 Å². The fourth-order valence-electron chi connectivity index (χ4n) is 2.92. The number of nitrogens with zero attached hydrogens (tertiary/aromatic N) is 1. The predicted molar refractivity (Wildman–Crippen MR) is 71.7 cm³/mol. The number of aryl methyl sites for hydroxylation is 2. The van der Waals surface area contributed by atoms with Crippen molar-refractivity contribution >= 4 is 5.69 Å². The molecule has 0 radical (unpaired) electrons. The first-order chi connectivity index (χ1) is 8.09. The number of rotatable bonds is 1. The molecule has 2 rings (SSSR count). The fraction of sp³-hybridized carbons (Fsp3) is 0.533. The molecule has 0 aromatic heterocycles. The Kier molecular flexibility index (Phi) is 3.11. The maximum Gasteiger partial charge on any atom is 0.257 e. The summed E-state index contributed by atoms with van der Waals surface area (Å²) >= 11 is 0. The molecule has 2 heteroatoms. The lowest BCUT2D eigenvalue weighted by molar-refractivity contribution is 0.353. The molecule has 0 atom stereocenters. The first-order valence-electron chi connectivity index (χ1n) is 6.35. The number of benzene rings is 1. The molecule has 0 amide bonds. The van der Waals surface area contributed by atoms with Gasteiger partial charge in [0.1, 0.15) is 0 Å². The SMILES string of the molecule is [C-]#[N+]C1(c2cc(C)c(N)cc2C)CCCCC1. The van der Waals surface area contributed by atoms with Crippen LogP contribution in [0.15, 0.2) is 12.1 Å². The van der Waals surface area contributed by atoms with Gasteiger partial charge in [-0.25, -0.2) is 6.57 Å². The topological polar surface area (TPSA) is 30.4 Å². The van der Waals surface area contributed by atoms with Crippen molar-refractivity contribution in [1.29, 1.82) is 0 Å². The van der Waals surface area contributed by atoms with Crippen LogP contribution in [0.1, 0.15) is 48.8 Å². The van der Waals surface area contributed by atoms with Crippen molar-refractivity contribution in [3.05, 3.63) is 40.2 Å². The highest BCUT2D eigenvalue weighted by Crippen LogP contribution is 2.42. The molecule has 1 fully saturated rings. The maximum absolute atomic E-state index is 7.60. The highest BCUT2D eigenvalue weighted by molar-refractivity contribution is 5.53. The molecule has 1 saturated carbocycles. The van der Waals surface area contributed by atoms with Gasteiger partial charge in [-0.3, -0.25) is 0 Å². The van der Waals surface area contributed by atoms with Crippen LogP contribution in [0.25, 0.3) is 4.85 Å². The van der Waals surface area contributed by atoms with E-state index in [1.54, 1.807) is 0 Å². The monoisotopic (exact) mass is 228 g/mol. The van der Waals surface area contributed by atoms with Crippen LogP contribution in [0.4, 0.5) is 5.69 Å². The van der Waals surface area contributed by atoms with Gasteiger partial charge in [0, 0.05) is 24.1 Å². The van der Waals surface area contributed by atoms with Crippen molar-refractivity contribution < 1.29 is 0 Å². The Morgan fingerprint density at radius 3 is 2.35 bits per heavy atom. The van der Waals surface area contributed by atoms with E-state index >= 15 is 0 Å². The van der Waals surface area contributed by atoms with Gasteiger partial charge in [0.25, 0.3) is 5.54 Å². The van der Waals surface area contributed by atoms with Gasteiger partial charge in [0.15, 0.2) is 0 Å². The Labute approximate surface area is 104 Å². The van der Waals surface area contributed by atoms with E-state index in [2.05, 4.69) is 17.8 Å². The standard InChI is InChI=1S/C15H20N2/c1-11-10-14(16)12(2)9-13(11)15(17-3)7-5-4-6-8-15/h9-10H,4-8,16H2,1-2H3. The minimum atomic E-state index is -0.277. The maximum atomic E-state index is 7.60. The smallest absolute Gasteiger partial charge is 0.257 e. The van der Waals surface area contributed by atoms with Crippen LogP contribution in [-0.2, 0) is 5.54 Å². The predicted octanol–water partition coefficient (Wildman–Crippen LogP) is 3.96. The minimum absolute atomic E-state index is 0.277. The fourth-order valence-corrected chi connectivity index (χ4v) is 2.92. The van der Waals surface area contributed by atoms with E-state index in [0.29, 0.717) is 0 Å². The van der Waals surface area contributed by atoms with Crippen molar-refractivity contribution in [2.45, 2.75) is 51.5 Å². The zero-order valence-corrected chi connectivity index (χ0v) is 10.7. The summed E-state index contributed by atoms with van der Waals surface area (Å²) in [4.78, 5) is 3.99. The lowest BCUT2D eigenvalue weighted by atomic mass is 9.75. The summed E-state index contributed by atoms with van der Waals surface area (Å²) in [5, 5.41) is 0. The summed E-state index contributed by atoms with van der Waals surface area (Å²) < 4.78 is 0. The number of nitrogen functional groups attached to an aromatic ring is 1. The molecule has 0 heterocycles. The van der Waals surface area contributed by atoms with Crippen LogP contribution in [0.2, 0.25) is 0 Å². The Hall–Kier alpha value is -1.49. The largest absolute Gasteiger partial charge is 0.399 e. The molecule has 0 unspecified atom stereocenters. The third kappa shape index (κ3) is 2.02. The summed E-state index contributed by atoms with van der Waals surface area (Å²) in [7, 11) is 0. The van der Waals surface area contributed by atoms with Crippen LogP contribution in [0, 0.1) is 20.4 Å². The van der Waals surface area contributed by atoms with Crippen molar-refractivity contribution in [2.24, 2.45) is 0 Å². The highest BCUT2D eigenvalue weighted by atomic mass is 14.8. The normalized spacial score (nSPS) is 18.6. The third-order valence-electron chi connectivity index (χ3n) is 4.01. The molecular formula is C15H20N2. The van der Waals surface area contributed by atoms with Crippen molar-refractivity contribution in [3.63, 3.8) is 0 Å². The number of hydrogen-bond donors (Lipinski definition) is 1. The van der Waals surface area contributed by atoms with Crippen LogP contribution in [0.5, 0.6) is 0 Å². The number of hydrogen-bond acceptors (Lipinski definition) is 1. The second-order valence-electron chi connectivity index (χ2n) is 5.23. The number of anilines is 1. The van der Waals surface area contributed by atoms with Gasteiger partial charge in [0.05, 0.1) is 0 Å². The Morgan fingerprint density at radius 2 is 1.76 bits per heavy atom. The van der Waals surface area contributed by atoms with Crippen LogP contribution in [0.3, 0.4) is 0 Å². The van der Waals surface area contributed by atoms with Crippen molar-refractivity contribution in [1.82, 2.24) is 0 Å². The van der Waals surface area contributed by atoms with Crippen LogP contribution >= 0.6 is 0 Å². The van der Waals surface area contributed by atoms with E-state index in [4.69, 9.17) is 12.3 Å². The van der Waals surface area contributed by atoms with Gasteiger partial charge in [-0.2, -0.15) is 0 Å². The van der Waals surface area contributed by atoms with E-state index in [1.807, 2.05) is 13.0 Å². The zero-order valence-electron chi connectivity index (χ0n) is 10.7. The lowest BCUT2D eigenvalue weighted by Gasteiger charge is -2.28. The molecular weight excluding hydrogens is 208 g/mol. The van der Waals surface area contributed by atoms with Gasteiger partial charge in [-0.15, -0.1) is 0 Å². The molecule has 2 nitrogen and oxygen atoms in total. The van der Waals surface area contributed by atoms with E-state index in [0.717, 1.165) is 24.1 Å². The average Bonchev–Trinajstić information content (AvgIpc) is 2.34. The molecule has 0 spiro atoms. The summed E-state index contributed by atoms with van der Waals surface area (Å²) in [5.41, 5.74) is 9.96. The van der Waals surface area contributed by atoms with Crippen molar-refractivity contribution in [2.75, 3.05) is 5.73 Å². The zero-order chi connectivity index (χ0) is 12.5. The average molecular weight is 228 g/mol. The highest BCUT2D eigenvalue weighted by Gasteiger charge is 2.41. The molecule has 0 bridgehead atoms. The molecule has 1 aromatic carbocycles. The molecule has 0 saturated heterocycles. The summed E-state index contributed by atoms with van der Waals surface area (Å²) in [5.74, 6) is 0. The van der Waals surface area contributed by atoms with Crippen LogP contribution < -0.4 is 5.73 Å².